The van der Waals surface area contributed by atoms with Crippen molar-refractivity contribution < 1.29 is 4.58 Å². The van der Waals surface area contributed by atoms with Gasteiger partial charge in [-0.3, -0.25) is 0 Å². The van der Waals surface area contributed by atoms with Crippen LogP contribution in [0.5, 0.6) is 0 Å². The van der Waals surface area contributed by atoms with Crippen LogP contribution in [0.2, 0.25) is 0 Å². The number of fused-ring (bicyclic) bond motifs is 1. The van der Waals surface area contributed by atoms with Crippen LogP contribution in [0.3, 0.4) is 0 Å². The van der Waals surface area contributed by atoms with Crippen molar-refractivity contribution in [1.82, 2.24) is 4.90 Å². The van der Waals surface area contributed by atoms with E-state index in [1.54, 1.807) is 0 Å². The second-order valence-electron chi connectivity index (χ2n) is 10.1. The molecule has 0 radical (unpaired) electrons. The van der Waals surface area contributed by atoms with Crippen LogP contribution < -0.4 is 0 Å². The van der Waals surface area contributed by atoms with Crippen molar-refractivity contribution in [3.05, 3.63) is 89.6 Å². The summed E-state index contributed by atoms with van der Waals surface area (Å²) in [5.74, 6) is 0. The molecule has 32 heavy (non-hydrogen) atoms. The summed E-state index contributed by atoms with van der Waals surface area (Å²) in [4.78, 5) is 2.57. The minimum Gasteiger partial charge on any atom is -0.375 e. The van der Waals surface area contributed by atoms with E-state index >= 15 is 0 Å². The normalized spacial score (nSPS) is 23.5. The predicted molar refractivity (Wildman–Crippen MR) is 137 cm³/mol. The molecule has 1 unspecified atom stereocenters. The molecular weight excluding hydrogens is 388 g/mol. The third-order valence-corrected chi connectivity index (χ3v) is 7.47. The summed E-state index contributed by atoms with van der Waals surface area (Å²) < 4.78 is 2.53. The average molecular weight is 428 g/mol. The molecule has 0 bridgehead atoms. The molecule has 2 heteroatoms. The monoisotopic (exact) mass is 427 g/mol. The zero-order valence-corrected chi connectivity index (χ0v) is 20.6. The van der Waals surface area contributed by atoms with Gasteiger partial charge in [-0.2, -0.15) is 4.58 Å². The zero-order chi connectivity index (χ0) is 22.8. The number of hydrogen-bond donors (Lipinski definition) is 0. The molecule has 0 saturated carbocycles. The molecule has 2 nitrogen and oxygen atoms in total. The lowest BCUT2D eigenvalue weighted by Crippen LogP contribution is -2.28. The molecule has 0 amide bonds. The van der Waals surface area contributed by atoms with Crippen LogP contribution in [0, 0.1) is 5.41 Å². The van der Waals surface area contributed by atoms with Crippen LogP contribution in [0.1, 0.15) is 58.6 Å². The molecular formula is C30H39N2+. The van der Waals surface area contributed by atoms with Gasteiger partial charge in [0.1, 0.15) is 6.54 Å². The summed E-state index contributed by atoms with van der Waals surface area (Å²) in [6, 6.07) is 19.9. The lowest BCUT2D eigenvalue weighted by Gasteiger charge is -2.29. The first kappa shape index (κ1) is 22.6. The van der Waals surface area contributed by atoms with Crippen molar-refractivity contribution in [3.63, 3.8) is 0 Å². The van der Waals surface area contributed by atoms with Crippen LogP contribution in [-0.2, 0) is 11.8 Å². The standard InChI is InChI=1S/C30H39N2/c1-6-21-32-26-17-12-11-16-25(26)29(3,4)27(32)18-13-19-28-30(5,20-22-31(28)7-2)23-24-14-9-8-10-15-24/h8-19H,6-7,20-23H2,1-5H3/q+1. The highest BCUT2D eigenvalue weighted by Crippen LogP contribution is 2.43. The summed E-state index contributed by atoms with van der Waals surface area (Å²) in [6.45, 7) is 15.0. The highest BCUT2D eigenvalue weighted by molar-refractivity contribution is 6.03. The fourth-order valence-electron chi connectivity index (χ4n) is 5.71. The Kier molecular flexibility index (Phi) is 6.42. The topological polar surface area (TPSA) is 6.25 Å². The lowest BCUT2D eigenvalue weighted by molar-refractivity contribution is -0.437. The highest BCUT2D eigenvalue weighted by Gasteiger charge is 2.43. The lowest BCUT2D eigenvalue weighted by atomic mass is 9.79. The first-order valence-corrected chi connectivity index (χ1v) is 12.3. The van der Waals surface area contributed by atoms with Gasteiger partial charge < -0.3 is 4.90 Å². The fraction of sp³-hybridized carbons (Fsp3) is 0.433. The molecule has 0 spiro atoms. The van der Waals surface area contributed by atoms with E-state index < -0.39 is 0 Å². The summed E-state index contributed by atoms with van der Waals surface area (Å²) in [6.07, 6.45) is 10.5. The zero-order valence-electron chi connectivity index (χ0n) is 20.6. The number of hydrogen-bond acceptors (Lipinski definition) is 1. The molecule has 168 valence electrons. The summed E-state index contributed by atoms with van der Waals surface area (Å²) in [5.41, 5.74) is 7.33. The minimum atomic E-state index is 0.0221. The van der Waals surface area contributed by atoms with Gasteiger partial charge in [0.2, 0.25) is 5.69 Å². The summed E-state index contributed by atoms with van der Waals surface area (Å²) >= 11 is 0. The smallest absolute Gasteiger partial charge is 0.209 e. The van der Waals surface area contributed by atoms with Crippen molar-refractivity contribution >= 4 is 11.4 Å². The summed E-state index contributed by atoms with van der Waals surface area (Å²) in [7, 11) is 0. The van der Waals surface area contributed by atoms with Crippen LogP contribution in [0.15, 0.2) is 78.5 Å². The van der Waals surface area contributed by atoms with E-state index in [2.05, 4.69) is 117 Å². The first-order chi connectivity index (χ1) is 15.4. The quantitative estimate of drug-likeness (QED) is 0.436. The molecule has 2 aromatic carbocycles. The van der Waals surface area contributed by atoms with E-state index in [9.17, 15) is 0 Å². The SMILES string of the molecule is CCC[N+]1=C(/C=C/C=C2/N(CC)CCC2(C)Cc2ccccc2)C(C)(C)c2ccccc21. The Bertz CT molecular complexity index is 1040. The van der Waals surface area contributed by atoms with E-state index in [-0.39, 0.29) is 10.8 Å². The minimum absolute atomic E-state index is 0.0221. The number of benzene rings is 2. The molecule has 0 aromatic heterocycles. The Morgan fingerprint density at radius 1 is 0.969 bits per heavy atom. The maximum atomic E-state index is 2.57. The van der Waals surface area contributed by atoms with E-state index in [0.29, 0.717) is 0 Å². The Morgan fingerprint density at radius 2 is 1.69 bits per heavy atom. The molecule has 2 heterocycles. The maximum Gasteiger partial charge on any atom is 0.209 e. The molecule has 0 N–H and O–H groups in total. The van der Waals surface area contributed by atoms with E-state index in [0.717, 1.165) is 32.5 Å². The molecule has 1 saturated heterocycles. The van der Waals surface area contributed by atoms with E-state index in [4.69, 9.17) is 0 Å². The third-order valence-electron chi connectivity index (χ3n) is 7.47. The van der Waals surface area contributed by atoms with Crippen LogP contribution >= 0.6 is 0 Å². The number of likely N-dealkylation sites (tertiary alicyclic amines) is 1. The Morgan fingerprint density at radius 3 is 2.41 bits per heavy atom. The second kappa shape index (κ2) is 9.10. The Hall–Kier alpha value is -2.61. The third kappa shape index (κ3) is 4.08. The van der Waals surface area contributed by atoms with Crippen LogP contribution in [0.25, 0.3) is 0 Å². The van der Waals surface area contributed by atoms with Gasteiger partial charge in [0.15, 0.2) is 5.71 Å². The molecule has 1 atom stereocenters. The average Bonchev–Trinajstić information content (AvgIpc) is 3.21. The summed E-state index contributed by atoms with van der Waals surface area (Å²) in [5, 5.41) is 0. The molecule has 4 rings (SSSR count). The Labute approximate surface area is 195 Å². The van der Waals surface area contributed by atoms with Gasteiger partial charge in [-0.05, 0) is 45.3 Å². The first-order valence-electron chi connectivity index (χ1n) is 12.3. The van der Waals surface area contributed by atoms with Crippen molar-refractivity contribution in [2.45, 2.75) is 59.3 Å². The number of rotatable bonds is 7. The van der Waals surface area contributed by atoms with Gasteiger partial charge in [0.25, 0.3) is 0 Å². The van der Waals surface area contributed by atoms with E-state index in [1.165, 1.54) is 34.6 Å². The van der Waals surface area contributed by atoms with Crippen molar-refractivity contribution in [2.75, 3.05) is 19.6 Å². The Balaban J connectivity index is 1.68. The molecule has 2 aliphatic heterocycles. The van der Waals surface area contributed by atoms with E-state index in [1.807, 2.05) is 0 Å². The van der Waals surface area contributed by atoms with Crippen molar-refractivity contribution in [2.24, 2.45) is 5.41 Å². The number of para-hydroxylation sites is 1. The van der Waals surface area contributed by atoms with Gasteiger partial charge in [-0.15, -0.1) is 0 Å². The maximum absolute atomic E-state index is 2.57. The number of nitrogens with zero attached hydrogens (tertiary/aromatic N) is 2. The van der Waals surface area contributed by atoms with Crippen LogP contribution in [-0.4, -0.2) is 34.8 Å². The molecule has 0 aliphatic carbocycles. The van der Waals surface area contributed by atoms with Crippen LogP contribution in [0.4, 0.5) is 5.69 Å². The number of allylic oxidation sites excluding steroid dienone is 4. The van der Waals surface area contributed by atoms with Gasteiger partial charge in [0, 0.05) is 48.3 Å². The van der Waals surface area contributed by atoms with Gasteiger partial charge in [-0.1, -0.05) is 68.5 Å². The van der Waals surface area contributed by atoms with Crippen molar-refractivity contribution in [3.8, 4) is 0 Å². The molecule has 1 fully saturated rings. The van der Waals surface area contributed by atoms with Crippen molar-refractivity contribution in [1.29, 1.82) is 0 Å². The molecule has 2 aliphatic rings. The largest absolute Gasteiger partial charge is 0.375 e. The fourth-order valence-corrected chi connectivity index (χ4v) is 5.71. The van der Waals surface area contributed by atoms with Gasteiger partial charge in [0.05, 0.1) is 5.41 Å². The second-order valence-corrected chi connectivity index (χ2v) is 10.1. The predicted octanol–water partition coefficient (Wildman–Crippen LogP) is 6.89. The van der Waals surface area contributed by atoms with Gasteiger partial charge >= 0.3 is 0 Å². The highest BCUT2D eigenvalue weighted by atomic mass is 15.2. The van der Waals surface area contributed by atoms with Gasteiger partial charge in [-0.25, -0.2) is 0 Å². The molecule has 2 aromatic rings.